The predicted octanol–water partition coefficient (Wildman–Crippen LogP) is 0.936. The van der Waals surface area contributed by atoms with Gasteiger partial charge in [-0.2, -0.15) is 0 Å². The summed E-state index contributed by atoms with van der Waals surface area (Å²) in [6.45, 7) is 1.57. The third-order valence-corrected chi connectivity index (χ3v) is 5.04. The van der Waals surface area contributed by atoms with Gasteiger partial charge in [0.1, 0.15) is 0 Å². The largest absolute Gasteiger partial charge is 0.364 e. The zero-order chi connectivity index (χ0) is 20.8. The van der Waals surface area contributed by atoms with Crippen LogP contribution >= 0.6 is 0 Å². The summed E-state index contributed by atoms with van der Waals surface area (Å²) < 4.78 is 4.96. The van der Waals surface area contributed by atoms with Gasteiger partial charge in [-0.15, -0.1) is 0 Å². The number of hydrazine groups is 1. The molecule has 154 valence electrons. The highest BCUT2D eigenvalue weighted by molar-refractivity contribution is 5.91. The van der Waals surface area contributed by atoms with Crippen LogP contribution in [0.5, 0.6) is 0 Å². The molecule has 1 saturated heterocycles. The summed E-state index contributed by atoms with van der Waals surface area (Å²) in [6, 6.07) is 10.9. The zero-order valence-corrected chi connectivity index (χ0v) is 16.3. The Labute approximate surface area is 168 Å². The van der Waals surface area contributed by atoms with E-state index in [2.05, 4.69) is 20.9 Å². The van der Waals surface area contributed by atoms with Gasteiger partial charge in [-0.3, -0.25) is 25.2 Å². The van der Waals surface area contributed by atoms with Gasteiger partial charge in [-0.1, -0.05) is 41.9 Å². The Kier molecular flexibility index (Phi) is 6.61. The summed E-state index contributed by atoms with van der Waals surface area (Å²) in [5, 5.41) is 3.54. The second-order valence-electron chi connectivity index (χ2n) is 7.33. The van der Waals surface area contributed by atoms with Crippen LogP contribution < -0.4 is 16.6 Å². The van der Waals surface area contributed by atoms with Crippen molar-refractivity contribution in [1.29, 1.82) is 0 Å². The van der Waals surface area contributed by atoms with Crippen molar-refractivity contribution in [2.45, 2.75) is 19.3 Å². The Morgan fingerprint density at radius 2 is 1.69 bits per heavy atom. The molecule has 1 aliphatic heterocycles. The summed E-state index contributed by atoms with van der Waals surface area (Å²) in [7, 11) is 1.97. The van der Waals surface area contributed by atoms with Gasteiger partial charge in [0.15, 0.2) is 11.5 Å². The van der Waals surface area contributed by atoms with E-state index < -0.39 is 5.91 Å². The molecule has 0 unspecified atom stereocenters. The summed E-state index contributed by atoms with van der Waals surface area (Å²) in [4.78, 5) is 35.7. The molecule has 0 bridgehead atoms. The third kappa shape index (κ3) is 5.41. The van der Waals surface area contributed by atoms with Gasteiger partial charge >= 0.3 is 0 Å². The molecule has 3 amide bonds. The number of amides is 3. The minimum absolute atomic E-state index is 0.0386. The van der Waals surface area contributed by atoms with E-state index in [9.17, 15) is 14.4 Å². The fourth-order valence-corrected chi connectivity index (χ4v) is 2.99. The van der Waals surface area contributed by atoms with E-state index in [0.717, 1.165) is 37.9 Å². The molecular weight excluding hydrogens is 374 g/mol. The minimum Gasteiger partial charge on any atom is -0.364 e. The average molecular weight is 399 g/mol. The lowest BCUT2D eigenvalue weighted by Gasteiger charge is -2.35. The van der Waals surface area contributed by atoms with Crippen molar-refractivity contribution in [2.75, 3.05) is 20.1 Å². The molecule has 0 radical (unpaired) electrons. The van der Waals surface area contributed by atoms with Gasteiger partial charge in [0.2, 0.25) is 11.8 Å². The zero-order valence-electron chi connectivity index (χ0n) is 16.3. The van der Waals surface area contributed by atoms with Gasteiger partial charge in [-0.05, 0) is 19.9 Å². The lowest BCUT2D eigenvalue weighted by Crippen LogP contribution is -2.56. The molecule has 1 aromatic heterocycles. The highest BCUT2D eigenvalue weighted by atomic mass is 16.5. The topological polar surface area (TPSA) is 131 Å². The van der Waals surface area contributed by atoms with Crippen LogP contribution in [0, 0.1) is 11.8 Å². The van der Waals surface area contributed by atoms with Gasteiger partial charge in [0.05, 0.1) is 5.92 Å². The molecule has 4 N–H and O–H groups in total. The first-order valence-electron chi connectivity index (χ1n) is 9.54. The summed E-state index contributed by atoms with van der Waals surface area (Å²) in [5.41, 5.74) is 11.0. The van der Waals surface area contributed by atoms with Crippen molar-refractivity contribution in [1.82, 2.24) is 20.9 Å². The Balaban J connectivity index is 0.000000166. The van der Waals surface area contributed by atoms with E-state index in [1.54, 1.807) is 0 Å². The Hall–Kier alpha value is -3.20. The standard InChI is InChI=1S/C10H17N3O2.C10H8N2O2/c1-13-5-8(6-13)10(15)12-11-9(14)7-3-2-4-7;11-10(13)8-6-9(14-12-8)7-4-2-1-3-5-7/h7-8H,2-6H2,1H3,(H,11,14)(H,12,15);1-6H,(H2,11,13). The third-order valence-electron chi connectivity index (χ3n) is 5.04. The van der Waals surface area contributed by atoms with Crippen LogP contribution in [0.3, 0.4) is 0 Å². The number of primary amides is 1. The molecular formula is C20H25N5O4. The molecule has 0 spiro atoms. The number of likely N-dealkylation sites (tertiary alicyclic amines) is 1. The number of hydrogen-bond acceptors (Lipinski definition) is 6. The molecule has 2 aliphatic rings. The van der Waals surface area contributed by atoms with E-state index in [4.69, 9.17) is 10.3 Å². The maximum atomic E-state index is 11.5. The van der Waals surface area contributed by atoms with Crippen molar-refractivity contribution in [3.63, 3.8) is 0 Å². The van der Waals surface area contributed by atoms with Crippen LogP contribution in [-0.2, 0) is 9.59 Å². The second-order valence-corrected chi connectivity index (χ2v) is 7.33. The molecule has 4 rings (SSSR count). The molecule has 2 heterocycles. The lowest BCUT2D eigenvalue weighted by atomic mass is 9.85. The monoisotopic (exact) mass is 399 g/mol. The van der Waals surface area contributed by atoms with Gasteiger partial charge < -0.3 is 15.2 Å². The first-order valence-corrected chi connectivity index (χ1v) is 9.54. The van der Waals surface area contributed by atoms with Crippen molar-refractivity contribution in [3.05, 3.63) is 42.1 Å². The van der Waals surface area contributed by atoms with Crippen LogP contribution in [0.25, 0.3) is 11.3 Å². The Morgan fingerprint density at radius 3 is 2.17 bits per heavy atom. The SMILES string of the molecule is CN1CC(C(=O)NNC(=O)C2CCC2)C1.NC(=O)c1cc(-c2ccccc2)on1. The quantitative estimate of drug-likeness (QED) is 0.656. The van der Waals surface area contributed by atoms with E-state index >= 15 is 0 Å². The average Bonchev–Trinajstić information content (AvgIpc) is 3.14. The summed E-state index contributed by atoms with van der Waals surface area (Å²) in [5.74, 6) is 0.00411. The molecule has 9 nitrogen and oxygen atoms in total. The van der Waals surface area contributed by atoms with Crippen molar-refractivity contribution >= 4 is 17.7 Å². The number of benzene rings is 1. The van der Waals surface area contributed by atoms with E-state index in [1.165, 1.54) is 6.07 Å². The first kappa shape index (κ1) is 20.5. The van der Waals surface area contributed by atoms with E-state index in [1.807, 2.05) is 37.4 Å². The van der Waals surface area contributed by atoms with Crippen molar-refractivity contribution in [2.24, 2.45) is 17.6 Å². The summed E-state index contributed by atoms with van der Waals surface area (Å²) in [6.07, 6.45) is 3.03. The minimum atomic E-state index is -0.587. The normalized spacial score (nSPS) is 16.6. The smallest absolute Gasteiger partial charge is 0.270 e. The highest BCUT2D eigenvalue weighted by Gasteiger charge is 2.31. The molecule has 2 aromatic rings. The molecule has 0 atom stereocenters. The van der Waals surface area contributed by atoms with E-state index in [0.29, 0.717) is 5.76 Å². The molecule has 1 aromatic carbocycles. The molecule has 1 saturated carbocycles. The number of nitrogens with one attached hydrogen (secondary N) is 2. The van der Waals surface area contributed by atoms with Crippen LogP contribution in [0.15, 0.2) is 40.9 Å². The van der Waals surface area contributed by atoms with Crippen LogP contribution in [0.1, 0.15) is 29.8 Å². The van der Waals surface area contributed by atoms with Gasteiger partial charge in [0.25, 0.3) is 5.91 Å². The number of aromatic nitrogens is 1. The number of carbonyl (C=O) groups is 3. The molecule has 29 heavy (non-hydrogen) atoms. The predicted molar refractivity (Wildman–Crippen MR) is 105 cm³/mol. The van der Waals surface area contributed by atoms with Gasteiger partial charge in [-0.25, -0.2) is 0 Å². The second kappa shape index (κ2) is 9.33. The number of carbonyl (C=O) groups excluding carboxylic acids is 3. The fraction of sp³-hybridized carbons (Fsp3) is 0.400. The number of nitrogens with two attached hydrogens (primary N) is 1. The van der Waals surface area contributed by atoms with E-state index in [-0.39, 0.29) is 29.3 Å². The number of hydrogen-bond donors (Lipinski definition) is 3. The highest BCUT2D eigenvalue weighted by Crippen LogP contribution is 2.26. The maximum Gasteiger partial charge on any atom is 0.270 e. The Morgan fingerprint density at radius 1 is 1.07 bits per heavy atom. The molecule has 1 aliphatic carbocycles. The number of nitrogens with zero attached hydrogens (tertiary/aromatic N) is 2. The first-order chi connectivity index (χ1) is 13.9. The van der Waals surface area contributed by atoms with Crippen LogP contribution in [0.2, 0.25) is 0 Å². The van der Waals surface area contributed by atoms with Crippen LogP contribution in [0.4, 0.5) is 0 Å². The van der Waals surface area contributed by atoms with Crippen molar-refractivity contribution < 1.29 is 18.9 Å². The van der Waals surface area contributed by atoms with Crippen molar-refractivity contribution in [3.8, 4) is 11.3 Å². The Bertz CT molecular complexity index is 857. The maximum absolute atomic E-state index is 11.5. The fourth-order valence-electron chi connectivity index (χ4n) is 2.99. The summed E-state index contributed by atoms with van der Waals surface area (Å²) >= 11 is 0. The van der Waals surface area contributed by atoms with Crippen LogP contribution in [-0.4, -0.2) is 47.9 Å². The molecule has 9 heteroatoms. The number of rotatable bonds is 4. The lowest BCUT2D eigenvalue weighted by molar-refractivity contribution is -0.136. The molecule has 2 fully saturated rings. The van der Waals surface area contributed by atoms with Gasteiger partial charge in [0, 0.05) is 30.6 Å².